The van der Waals surface area contributed by atoms with Crippen LogP contribution in [0.2, 0.25) is 0 Å². The van der Waals surface area contributed by atoms with Crippen molar-refractivity contribution in [1.29, 1.82) is 0 Å². The molecule has 0 heterocycles. The fourth-order valence-corrected chi connectivity index (χ4v) is 0.489. The van der Waals surface area contributed by atoms with Crippen LogP contribution < -0.4 is 5.32 Å². The van der Waals surface area contributed by atoms with Crippen molar-refractivity contribution in [2.24, 2.45) is 0 Å². The molecule has 0 aromatic rings. The number of terminal acetylenes is 1. The van der Waals surface area contributed by atoms with Gasteiger partial charge in [-0.25, -0.2) is 0 Å². The molecule has 0 aromatic heterocycles. The average molecular weight is 125 g/mol. The van der Waals surface area contributed by atoms with E-state index >= 15 is 0 Å². The van der Waals surface area contributed by atoms with E-state index in [4.69, 9.17) is 6.42 Å². The van der Waals surface area contributed by atoms with Gasteiger partial charge in [0.15, 0.2) is 0 Å². The second-order valence-electron chi connectivity index (χ2n) is 2.70. The van der Waals surface area contributed by atoms with E-state index in [-0.39, 0.29) is 5.54 Å². The van der Waals surface area contributed by atoms with Gasteiger partial charge in [-0.3, -0.25) is 0 Å². The maximum absolute atomic E-state index is 5.23. The van der Waals surface area contributed by atoms with Gasteiger partial charge in [0.05, 0.1) is 5.54 Å². The lowest BCUT2D eigenvalue weighted by molar-refractivity contribution is 0.491. The van der Waals surface area contributed by atoms with Crippen molar-refractivity contribution in [3.63, 3.8) is 0 Å². The van der Waals surface area contributed by atoms with Gasteiger partial charge in [-0.2, -0.15) is 0 Å². The highest BCUT2D eigenvalue weighted by atomic mass is 14.9. The first-order valence-corrected chi connectivity index (χ1v) is 3.35. The van der Waals surface area contributed by atoms with Crippen LogP contribution in [0.4, 0.5) is 0 Å². The molecule has 0 spiro atoms. The molecule has 0 saturated heterocycles. The summed E-state index contributed by atoms with van der Waals surface area (Å²) in [5, 5.41) is 3.22. The van der Waals surface area contributed by atoms with Gasteiger partial charge in [-0.15, -0.1) is 6.42 Å². The van der Waals surface area contributed by atoms with Crippen molar-refractivity contribution >= 4 is 0 Å². The second kappa shape index (κ2) is 3.53. The molecule has 1 nitrogen and oxygen atoms in total. The molecule has 0 radical (unpaired) electrons. The van der Waals surface area contributed by atoms with E-state index in [2.05, 4.69) is 18.2 Å². The minimum Gasteiger partial charge on any atom is -0.302 e. The number of hydrogen-bond acceptors (Lipinski definition) is 1. The second-order valence-corrected chi connectivity index (χ2v) is 2.70. The fraction of sp³-hybridized carbons (Fsp3) is 0.750. The van der Waals surface area contributed by atoms with Crippen LogP contribution in [0.3, 0.4) is 0 Å². The molecular formula is C8H15N. The molecule has 0 unspecified atom stereocenters. The molecule has 0 atom stereocenters. The summed E-state index contributed by atoms with van der Waals surface area (Å²) in [6.07, 6.45) is 6.36. The Labute approximate surface area is 57.8 Å². The van der Waals surface area contributed by atoms with E-state index in [1.165, 1.54) is 0 Å². The SMILES string of the molecule is C#CC(C)(C)NCCC. The van der Waals surface area contributed by atoms with Gasteiger partial charge in [-0.1, -0.05) is 12.8 Å². The third-order valence-corrected chi connectivity index (χ3v) is 1.18. The first kappa shape index (κ1) is 8.52. The van der Waals surface area contributed by atoms with E-state index < -0.39 is 0 Å². The standard InChI is InChI=1S/C8H15N/c1-5-7-9-8(3,4)6-2/h2,9H,5,7H2,1,3-4H3. The van der Waals surface area contributed by atoms with Crippen molar-refractivity contribution in [2.45, 2.75) is 32.7 Å². The Balaban J connectivity index is 3.49. The van der Waals surface area contributed by atoms with Gasteiger partial charge in [0.1, 0.15) is 0 Å². The van der Waals surface area contributed by atoms with E-state index in [0.717, 1.165) is 13.0 Å². The van der Waals surface area contributed by atoms with Crippen molar-refractivity contribution < 1.29 is 0 Å². The molecule has 0 aliphatic heterocycles. The Kier molecular flexibility index (Phi) is 3.34. The predicted octanol–water partition coefficient (Wildman–Crippen LogP) is 1.40. The van der Waals surface area contributed by atoms with Crippen molar-refractivity contribution in [1.82, 2.24) is 5.32 Å². The highest BCUT2D eigenvalue weighted by molar-refractivity contribution is 5.06. The largest absolute Gasteiger partial charge is 0.302 e. The van der Waals surface area contributed by atoms with Crippen LogP contribution in [-0.2, 0) is 0 Å². The molecular weight excluding hydrogens is 110 g/mol. The summed E-state index contributed by atoms with van der Waals surface area (Å²) >= 11 is 0. The first-order chi connectivity index (χ1) is 4.12. The quantitative estimate of drug-likeness (QED) is 0.562. The molecule has 0 aliphatic carbocycles. The topological polar surface area (TPSA) is 12.0 Å². The third-order valence-electron chi connectivity index (χ3n) is 1.18. The Bertz CT molecular complexity index is 108. The zero-order chi connectivity index (χ0) is 7.33. The van der Waals surface area contributed by atoms with Crippen molar-refractivity contribution in [2.75, 3.05) is 6.54 Å². The molecule has 1 heteroatoms. The smallest absolute Gasteiger partial charge is 0.0741 e. The summed E-state index contributed by atoms with van der Waals surface area (Å²) in [7, 11) is 0. The normalized spacial score (nSPS) is 10.9. The van der Waals surface area contributed by atoms with Gasteiger partial charge in [0.2, 0.25) is 0 Å². The predicted molar refractivity (Wildman–Crippen MR) is 41.2 cm³/mol. The highest BCUT2D eigenvalue weighted by Crippen LogP contribution is 1.97. The number of rotatable bonds is 3. The maximum Gasteiger partial charge on any atom is 0.0741 e. The van der Waals surface area contributed by atoms with Crippen LogP contribution in [-0.4, -0.2) is 12.1 Å². The van der Waals surface area contributed by atoms with Gasteiger partial charge in [0, 0.05) is 0 Å². The molecule has 0 bridgehead atoms. The molecule has 1 N–H and O–H groups in total. The van der Waals surface area contributed by atoms with Crippen molar-refractivity contribution in [3.8, 4) is 12.3 Å². The van der Waals surface area contributed by atoms with Crippen molar-refractivity contribution in [3.05, 3.63) is 0 Å². The minimum atomic E-state index is -0.129. The number of hydrogen-bond donors (Lipinski definition) is 1. The van der Waals surface area contributed by atoms with Gasteiger partial charge < -0.3 is 5.32 Å². The average Bonchev–Trinajstić information content (AvgIpc) is 1.84. The molecule has 0 rings (SSSR count). The van der Waals surface area contributed by atoms with Crippen LogP contribution in [0.5, 0.6) is 0 Å². The molecule has 0 fully saturated rings. The van der Waals surface area contributed by atoms with Crippen LogP contribution in [0.25, 0.3) is 0 Å². The summed E-state index contributed by atoms with van der Waals surface area (Å²) in [6.45, 7) is 7.13. The highest BCUT2D eigenvalue weighted by Gasteiger charge is 2.09. The summed E-state index contributed by atoms with van der Waals surface area (Å²) in [4.78, 5) is 0. The zero-order valence-electron chi connectivity index (χ0n) is 6.49. The maximum atomic E-state index is 5.23. The molecule has 52 valence electrons. The summed E-state index contributed by atoms with van der Waals surface area (Å²) in [5.74, 6) is 2.66. The van der Waals surface area contributed by atoms with E-state index in [0.29, 0.717) is 0 Å². The zero-order valence-corrected chi connectivity index (χ0v) is 6.49. The van der Waals surface area contributed by atoms with E-state index in [1.54, 1.807) is 0 Å². The van der Waals surface area contributed by atoms with Crippen LogP contribution in [0.1, 0.15) is 27.2 Å². The Hall–Kier alpha value is -0.480. The lowest BCUT2D eigenvalue weighted by atomic mass is 10.1. The molecule has 0 amide bonds. The lowest BCUT2D eigenvalue weighted by Crippen LogP contribution is -2.37. The Morgan fingerprint density at radius 3 is 2.44 bits per heavy atom. The Morgan fingerprint density at radius 2 is 2.11 bits per heavy atom. The molecule has 0 aliphatic rings. The summed E-state index contributed by atoms with van der Waals surface area (Å²) in [6, 6.07) is 0. The van der Waals surface area contributed by atoms with E-state index in [1.807, 2.05) is 13.8 Å². The first-order valence-electron chi connectivity index (χ1n) is 3.35. The van der Waals surface area contributed by atoms with Gasteiger partial charge >= 0.3 is 0 Å². The van der Waals surface area contributed by atoms with Gasteiger partial charge in [-0.05, 0) is 26.8 Å². The molecule has 0 saturated carbocycles. The monoisotopic (exact) mass is 125 g/mol. The number of nitrogens with one attached hydrogen (secondary N) is 1. The van der Waals surface area contributed by atoms with Crippen LogP contribution >= 0.6 is 0 Å². The summed E-state index contributed by atoms with van der Waals surface area (Å²) < 4.78 is 0. The van der Waals surface area contributed by atoms with Crippen LogP contribution in [0.15, 0.2) is 0 Å². The van der Waals surface area contributed by atoms with E-state index in [9.17, 15) is 0 Å². The minimum absolute atomic E-state index is 0.129. The molecule has 9 heavy (non-hydrogen) atoms. The fourth-order valence-electron chi connectivity index (χ4n) is 0.489. The third kappa shape index (κ3) is 4.05. The lowest BCUT2D eigenvalue weighted by Gasteiger charge is -2.18. The Morgan fingerprint density at radius 1 is 1.56 bits per heavy atom. The van der Waals surface area contributed by atoms with Gasteiger partial charge in [0.25, 0.3) is 0 Å². The van der Waals surface area contributed by atoms with Crippen LogP contribution in [0, 0.1) is 12.3 Å². The summed E-state index contributed by atoms with van der Waals surface area (Å²) in [5.41, 5.74) is -0.129. The molecule has 0 aromatic carbocycles.